The number of carbonyl (C=O) groups excluding carboxylic acids is 2. The van der Waals surface area contributed by atoms with E-state index >= 15 is 0 Å². The van der Waals surface area contributed by atoms with Crippen molar-refractivity contribution in [1.29, 1.82) is 0 Å². The first-order valence-corrected chi connectivity index (χ1v) is 12.9. The van der Waals surface area contributed by atoms with E-state index in [2.05, 4.69) is 28.9 Å². The Kier molecular flexibility index (Phi) is 6.49. The number of methoxy groups -OCH3 is 1. The van der Waals surface area contributed by atoms with Crippen molar-refractivity contribution >= 4 is 23.6 Å². The maximum Gasteiger partial charge on any atom is 0.273 e. The second-order valence-electron chi connectivity index (χ2n) is 10.3. The highest BCUT2D eigenvalue weighted by Crippen LogP contribution is 2.41. The number of nitrogens with zero attached hydrogens (tertiary/aromatic N) is 6. The molecule has 9 nitrogen and oxygen atoms in total. The van der Waals surface area contributed by atoms with Gasteiger partial charge in [-0.25, -0.2) is 4.98 Å². The molecule has 3 aliphatic heterocycles. The number of ether oxygens (including phenoxy) is 1. The maximum atomic E-state index is 13.4. The fourth-order valence-corrected chi connectivity index (χ4v) is 5.65. The highest BCUT2D eigenvalue weighted by Gasteiger charge is 2.39. The molecule has 1 aromatic carbocycles. The van der Waals surface area contributed by atoms with Gasteiger partial charge in [0.1, 0.15) is 17.3 Å². The van der Waals surface area contributed by atoms with Gasteiger partial charge in [-0.3, -0.25) is 9.59 Å². The molecule has 2 aromatic rings. The number of fused-ring (bicyclic) bond motifs is 1. The molecule has 0 saturated carbocycles. The number of piperazine rings is 1. The standard InChI is InChI=1S/C27H36N6O3/c1-17(2)33-16-21-24(26(33)35)28-27(31-13-11-30(12-14-31)19(4)34)29-25(21)32-10-6-7-22(32)20-8-9-23(36-5)18(3)15-20/h8-9,15,17,22H,6-7,10-14,16H2,1-5H3. The van der Waals surface area contributed by atoms with Crippen molar-refractivity contribution in [2.24, 2.45) is 0 Å². The molecule has 0 spiro atoms. The number of hydrogen-bond donors (Lipinski definition) is 0. The minimum absolute atomic E-state index is 0.0247. The Labute approximate surface area is 213 Å². The number of carbonyl (C=O) groups is 2. The fraction of sp³-hybridized carbons (Fsp3) is 0.556. The average Bonchev–Trinajstić information content (AvgIpc) is 3.48. The summed E-state index contributed by atoms with van der Waals surface area (Å²) in [5.74, 6) is 2.40. The lowest BCUT2D eigenvalue weighted by Gasteiger charge is -2.35. The summed E-state index contributed by atoms with van der Waals surface area (Å²) in [6, 6.07) is 6.65. The normalized spacial score (nSPS) is 19.9. The Bertz CT molecular complexity index is 1170. The third-order valence-corrected chi connectivity index (χ3v) is 7.73. The van der Waals surface area contributed by atoms with Crippen LogP contribution in [-0.2, 0) is 11.3 Å². The molecule has 0 radical (unpaired) electrons. The van der Waals surface area contributed by atoms with Gasteiger partial charge < -0.3 is 24.3 Å². The first kappa shape index (κ1) is 24.3. The Morgan fingerprint density at radius 3 is 2.50 bits per heavy atom. The van der Waals surface area contributed by atoms with Crippen molar-refractivity contribution in [3.63, 3.8) is 0 Å². The first-order valence-electron chi connectivity index (χ1n) is 12.9. The number of anilines is 2. The van der Waals surface area contributed by atoms with Crippen molar-refractivity contribution in [2.45, 2.75) is 59.2 Å². The van der Waals surface area contributed by atoms with Gasteiger partial charge in [0.2, 0.25) is 11.9 Å². The molecule has 192 valence electrons. The predicted molar refractivity (Wildman–Crippen MR) is 139 cm³/mol. The van der Waals surface area contributed by atoms with Crippen LogP contribution in [0.5, 0.6) is 5.75 Å². The van der Waals surface area contributed by atoms with Gasteiger partial charge in [-0.05, 0) is 50.8 Å². The van der Waals surface area contributed by atoms with Crippen LogP contribution in [0.15, 0.2) is 18.2 Å². The quantitative estimate of drug-likeness (QED) is 0.634. The summed E-state index contributed by atoms with van der Waals surface area (Å²) in [5.41, 5.74) is 3.80. The molecule has 4 heterocycles. The summed E-state index contributed by atoms with van der Waals surface area (Å²) >= 11 is 0. The van der Waals surface area contributed by atoms with Crippen molar-refractivity contribution in [1.82, 2.24) is 19.8 Å². The van der Waals surface area contributed by atoms with Crippen LogP contribution in [0, 0.1) is 6.92 Å². The molecule has 9 heteroatoms. The maximum absolute atomic E-state index is 13.4. The minimum atomic E-state index is -0.0247. The fourth-order valence-electron chi connectivity index (χ4n) is 5.65. The number of aromatic nitrogens is 2. The van der Waals surface area contributed by atoms with E-state index in [-0.39, 0.29) is 23.9 Å². The second-order valence-corrected chi connectivity index (χ2v) is 10.3. The van der Waals surface area contributed by atoms with E-state index < -0.39 is 0 Å². The molecule has 5 rings (SSSR count). The van der Waals surface area contributed by atoms with Gasteiger partial charge in [0, 0.05) is 51.3 Å². The Morgan fingerprint density at radius 2 is 1.86 bits per heavy atom. The van der Waals surface area contributed by atoms with Crippen LogP contribution in [0.1, 0.15) is 66.8 Å². The number of rotatable bonds is 5. The van der Waals surface area contributed by atoms with Crippen LogP contribution >= 0.6 is 0 Å². The van der Waals surface area contributed by atoms with Gasteiger partial charge >= 0.3 is 0 Å². The molecule has 0 aliphatic carbocycles. The Morgan fingerprint density at radius 1 is 1.11 bits per heavy atom. The largest absolute Gasteiger partial charge is 0.496 e. The van der Waals surface area contributed by atoms with Gasteiger partial charge in [0.05, 0.1) is 19.7 Å². The number of amides is 2. The molecule has 2 saturated heterocycles. The average molecular weight is 493 g/mol. The van der Waals surface area contributed by atoms with Gasteiger partial charge in [0.15, 0.2) is 0 Å². The highest BCUT2D eigenvalue weighted by molar-refractivity contribution is 5.98. The third-order valence-electron chi connectivity index (χ3n) is 7.73. The van der Waals surface area contributed by atoms with E-state index in [4.69, 9.17) is 14.7 Å². The SMILES string of the molecule is COc1ccc(C2CCCN2c2nc(N3CCN(C(C)=O)CC3)nc3c2CN(C(C)C)C3=O)cc1C. The lowest BCUT2D eigenvalue weighted by molar-refractivity contribution is -0.129. The molecule has 0 N–H and O–H groups in total. The highest BCUT2D eigenvalue weighted by atomic mass is 16.5. The second kappa shape index (κ2) is 9.59. The summed E-state index contributed by atoms with van der Waals surface area (Å²) in [4.78, 5) is 43.3. The van der Waals surface area contributed by atoms with E-state index in [1.807, 2.05) is 29.7 Å². The van der Waals surface area contributed by atoms with E-state index in [0.29, 0.717) is 44.4 Å². The summed E-state index contributed by atoms with van der Waals surface area (Å²) in [6.45, 7) is 11.7. The van der Waals surface area contributed by atoms with Crippen LogP contribution in [0.4, 0.5) is 11.8 Å². The summed E-state index contributed by atoms with van der Waals surface area (Å²) < 4.78 is 5.48. The zero-order valence-electron chi connectivity index (χ0n) is 22.0. The monoisotopic (exact) mass is 492 g/mol. The lowest BCUT2D eigenvalue weighted by atomic mass is 10.0. The smallest absolute Gasteiger partial charge is 0.273 e. The summed E-state index contributed by atoms with van der Waals surface area (Å²) in [6.07, 6.45) is 2.09. The van der Waals surface area contributed by atoms with Crippen LogP contribution in [0.3, 0.4) is 0 Å². The van der Waals surface area contributed by atoms with E-state index in [1.165, 1.54) is 5.56 Å². The number of hydrogen-bond acceptors (Lipinski definition) is 7. The molecule has 1 atom stereocenters. The Hall–Kier alpha value is -3.36. The van der Waals surface area contributed by atoms with Crippen LogP contribution in [-0.4, -0.2) is 77.5 Å². The van der Waals surface area contributed by atoms with Crippen molar-refractivity contribution in [3.8, 4) is 5.75 Å². The number of benzene rings is 1. The van der Waals surface area contributed by atoms with Crippen molar-refractivity contribution in [3.05, 3.63) is 40.6 Å². The zero-order chi connectivity index (χ0) is 25.6. The molecule has 1 aromatic heterocycles. The van der Waals surface area contributed by atoms with E-state index in [9.17, 15) is 9.59 Å². The van der Waals surface area contributed by atoms with Crippen LogP contribution < -0.4 is 14.5 Å². The third kappa shape index (κ3) is 4.24. The molecule has 1 unspecified atom stereocenters. The van der Waals surface area contributed by atoms with Crippen LogP contribution in [0.2, 0.25) is 0 Å². The molecule has 2 amide bonds. The number of aryl methyl sites for hydroxylation is 1. The topological polar surface area (TPSA) is 82.1 Å². The van der Waals surface area contributed by atoms with Gasteiger partial charge in [0.25, 0.3) is 5.91 Å². The predicted octanol–water partition coefficient (Wildman–Crippen LogP) is 3.17. The van der Waals surface area contributed by atoms with Gasteiger partial charge in [-0.1, -0.05) is 12.1 Å². The lowest BCUT2D eigenvalue weighted by Crippen LogP contribution is -2.48. The van der Waals surface area contributed by atoms with E-state index in [1.54, 1.807) is 14.0 Å². The first-order chi connectivity index (χ1) is 17.3. The zero-order valence-corrected chi connectivity index (χ0v) is 22.0. The van der Waals surface area contributed by atoms with Gasteiger partial charge in [-0.2, -0.15) is 4.98 Å². The molecule has 36 heavy (non-hydrogen) atoms. The molecule has 0 bridgehead atoms. The minimum Gasteiger partial charge on any atom is -0.496 e. The van der Waals surface area contributed by atoms with Crippen molar-refractivity contribution in [2.75, 3.05) is 49.6 Å². The van der Waals surface area contributed by atoms with Crippen LogP contribution in [0.25, 0.3) is 0 Å². The Balaban J connectivity index is 1.54. The van der Waals surface area contributed by atoms with Crippen molar-refractivity contribution < 1.29 is 14.3 Å². The van der Waals surface area contributed by atoms with Gasteiger partial charge in [-0.15, -0.1) is 0 Å². The molecular weight excluding hydrogens is 456 g/mol. The molecule has 3 aliphatic rings. The summed E-state index contributed by atoms with van der Waals surface area (Å²) in [7, 11) is 1.70. The molecular formula is C27H36N6O3. The van der Waals surface area contributed by atoms with E-state index in [0.717, 1.165) is 42.1 Å². The summed E-state index contributed by atoms with van der Waals surface area (Å²) in [5, 5.41) is 0. The molecule has 2 fully saturated rings.